The van der Waals surface area contributed by atoms with Crippen LogP contribution in [-0.4, -0.2) is 8.96 Å². The van der Waals surface area contributed by atoms with Crippen molar-refractivity contribution in [1.29, 1.82) is 0 Å². The molecule has 0 radical (unpaired) electrons. The van der Waals surface area contributed by atoms with Crippen LogP contribution in [0.5, 0.6) is 0 Å². The SMILES string of the molecule is CC(N[S@](=O)C(C)(C)C)c1ccccc1N. The summed E-state index contributed by atoms with van der Waals surface area (Å²) in [6.45, 7) is 7.79. The molecule has 4 heteroatoms. The second-order valence-electron chi connectivity index (χ2n) is 4.85. The predicted octanol–water partition coefficient (Wildman–Crippen LogP) is 2.38. The number of nitrogen functional groups attached to an aromatic ring is 1. The van der Waals surface area contributed by atoms with E-state index >= 15 is 0 Å². The monoisotopic (exact) mass is 240 g/mol. The zero-order chi connectivity index (χ0) is 12.3. The second kappa shape index (κ2) is 4.97. The third kappa shape index (κ3) is 3.32. The van der Waals surface area contributed by atoms with Gasteiger partial charge >= 0.3 is 0 Å². The van der Waals surface area contributed by atoms with E-state index in [4.69, 9.17) is 5.73 Å². The summed E-state index contributed by atoms with van der Waals surface area (Å²) in [5.41, 5.74) is 7.58. The number of hydrogen-bond acceptors (Lipinski definition) is 2. The summed E-state index contributed by atoms with van der Waals surface area (Å²) in [6, 6.07) is 7.62. The number of nitrogens with one attached hydrogen (secondary N) is 1. The van der Waals surface area contributed by atoms with Crippen molar-refractivity contribution in [1.82, 2.24) is 4.72 Å². The summed E-state index contributed by atoms with van der Waals surface area (Å²) >= 11 is 0. The number of hydrogen-bond donors (Lipinski definition) is 2. The average molecular weight is 240 g/mol. The van der Waals surface area contributed by atoms with E-state index in [1.54, 1.807) is 0 Å². The van der Waals surface area contributed by atoms with Crippen LogP contribution in [0.1, 0.15) is 39.3 Å². The molecule has 0 fully saturated rings. The van der Waals surface area contributed by atoms with Crippen LogP contribution in [-0.2, 0) is 11.0 Å². The molecule has 0 spiro atoms. The molecule has 1 aromatic rings. The molecule has 0 saturated carbocycles. The van der Waals surface area contributed by atoms with Crippen LogP contribution in [0.3, 0.4) is 0 Å². The first-order valence-corrected chi connectivity index (χ1v) is 6.50. The Morgan fingerprint density at radius 1 is 1.31 bits per heavy atom. The summed E-state index contributed by atoms with van der Waals surface area (Å²) in [5, 5.41) is 0. The summed E-state index contributed by atoms with van der Waals surface area (Å²) in [4.78, 5) is 0. The average Bonchev–Trinajstić information content (AvgIpc) is 2.16. The predicted molar refractivity (Wildman–Crippen MR) is 70.3 cm³/mol. The van der Waals surface area contributed by atoms with E-state index in [2.05, 4.69) is 4.72 Å². The fourth-order valence-electron chi connectivity index (χ4n) is 1.31. The number of rotatable bonds is 3. The van der Waals surface area contributed by atoms with Crippen LogP contribution in [0.15, 0.2) is 24.3 Å². The van der Waals surface area contributed by atoms with E-state index in [1.165, 1.54) is 0 Å². The zero-order valence-electron chi connectivity index (χ0n) is 10.3. The molecule has 2 atom stereocenters. The topological polar surface area (TPSA) is 55.1 Å². The van der Waals surface area contributed by atoms with Crippen molar-refractivity contribution >= 4 is 16.7 Å². The van der Waals surface area contributed by atoms with E-state index in [-0.39, 0.29) is 10.8 Å². The minimum atomic E-state index is -1.08. The Hall–Kier alpha value is -0.870. The van der Waals surface area contributed by atoms with Gasteiger partial charge in [-0.1, -0.05) is 18.2 Å². The Kier molecular flexibility index (Phi) is 4.10. The van der Waals surface area contributed by atoms with Crippen molar-refractivity contribution in [3.05, 3.63) is 29.8 Å². The molecule has 1 aromatic carbocycles. The lowest BCUT2D eigenvalue weighted by molar-refractivity contribution is 0.616. The number of benzene rings is 1. The normalized spacial score (nSPS) is 15.8. The Balaban J connectivity index is 2.78. The molecule has 90 valence electrons. The molecule has 0 saturated heterocycles. The molecule has 0 aliphatic rings. The van der Waals surface area contributed by atoms with Crippen LogP contribution >= 0.6 is 0 Å². The highest BCUT2D eigenvalue weighted by molar-refractivity contribution is 7.84. The molecule has 0 aromatic heterocycles. The molecule has 1 unspecified atom stereocenters. The van der Waals surface area contributed by atoms with Crippen molar-refractivity contribution in [3.63, 3.8) is 0 Å². The van der Waals surface area contributed by atoms with Crippen LogP contribution < -0.4 is 10.5 Å². The standard InChI is InChI=1S/C12H20N2OS/c1-9(14-16(15)12(2,3)4)10-7-5-6-8-11(10)13/h5-9,14H,13H2,1-4H3/t9?,16-/m1/s1. The Bertz CT molecular complexity index is 385. The molecule has 3 nitrogen and oxygen atoms in total. The lowest BCUT2D eigenvalue weighted by atomic mass is 10.1. The Labute approximate surface area is 100 Å². The maximum atomic E-state index is 11.9. The van der Waals surface area contributed by atoms with Gasteiger partial charge in [-0.2, -0.15) is 0 Å². The number of nitrogens with two attached hydrogens (primary N) is 1. The van der Waals surface area contributed by atoms with Gasteiger partial charge in [-0.15, -0.1) is 0 Å². The molecule has 0 aliphatic carbocycles. The molecule has 1 rings (SSSR count). The van der Waals surface area contributed by atoms with Gasteiger partial charge in [0.05, 0.1) is 15.7 Å². The van der Waals surface area contributed by atoms with Gasteiger partial charge in [0.15, 0.2) is 0 Å². The molecular formula is C12H20N2OS. The van der Waals surface area contributed by atoms with Crippen molar-refractivity contribution in [2.24, 2.45) is 0 Å². The van der Waals surface area contributed by atoms with Crippen molar-refractivity contribution in [2.45, 2.75) is 38.5 Å². The lowest BCUT2D eigenvalue weighted by Gasteiger charge is -2.22. The van der Waals surface area contributed by atoms with E-state index in [0.717, 1.165) is 11.3 Å². The number of anilines is 1. The minimum absolute atomic E-state index is 0.0127. The molecule has 0 heterocycles. The van der Waals surface area contributed by atoms with Crippen molar-refractivity contribution in [2.75, 3.05) is 5.73 Å². The van der Waals surface area contributed by atoms with E-state index in [1.807, 2.05) is 52.0 Å². The molecule has 0 bridgehead atoms. The van der Waals surface area contributed by atoms with Gasteiger partial charge in [0.1, 0.15) is 0 Å². The maximum absolute atomic E-state index is 11.9. The van der Waals surface area contributed by atoms with Gasteiger partial charge in [-0.3, -0.25) is 0 Å². The first-order chi connectivity index (χ1) is 7.32. The summed E-state index contributed by atoms with van der Waals surface area (Å²) in [7, 11) is -1.08. The first kappa shape index (κ1) is 13.2. The van der Waals surface area contributed by atoms with E-state index < -0.39 is 11.0 Å². The molecular weight excluding hydrogens is 220 g/mol. The second-order valence-corrected chi connectivity index (χ2v) is 6.85. The molecule has 0 aliphatic heterocycles. The van der Waals surface area contributed by atoms with Crippen molar-refractivity contribution in [3.8, 4) is 0 Å². The highest BCUT2D eigenvalue weighted by Gasteiger charge is 2.22. The van der Waals surface area contributed by atoms with Gasteiger partial charge in [0.25, 0.3) is 0 Å². The van der Waals surface area contributed by atoms with E-state index in [9.17, 15) is 4.21 Å². The molecule has 0 amide bonds. The summed E-state index contributed by atoms with van der Waals surface area (Å²) in [6.07, 6.45) is 0. The lowest BCUT2D eigenvalue weighted by Crippen LogP contribution is -2.35. The summed E-state index contributed by atoms with van der Waals surface area (Å²) < 4.78 is 14.7. The van der Waals surface area contributed by atoms with E-state index in [0.29, 0.717) is 0 Å². The van der Waals surface area contributed by atoms with Gasteiger partial charge < -0.3 is 5.73 Å². The zero-order valence-corrected chi connectivity index (χ0v) is 11.1. The van der Waals surface area contributed by atoms with Gasteiger partial charge in [0, 0.05) is 11.7 Å². The highest BCUT2D eigenvalue weighted by atomic mass is 32.2. The Morgan fingerprint density at radius 3 is 2.38 bits per heavy atom. The fourth-order valence-corrected chi connectivity index (χ4v) is 2.11. The Morgan fingerprint density at radius 2 is 1.88 bits per heavy atom. The molecule has 16 heavy (non-hydrogen) atoms. The van der Waals surface area contributed by atoms with Gasteiger partial charge in [-0.05, 0) is 39.3 Å². The fraction of sp³-hybridized carbons (Fsp3) is 0.500. The molecule has 3 N–H and O–H groups in total. The first-order valence-electron chi connectivity index (χ1n) is 5.35. The largest absolute Gasteiger partial charge is 0.398 e. The van der Waals surface area contributed by atoms with Crippen LogP contribution in [0, 0.1) is 0 Å². The third-order valence-electron chi connectivity index (χ3n) is 2.30. The van der Waals surface area contributed by atoms with Gasteiger partial charge in [-0.25, -0.2) is 8.93 Å². The summed E-state index contributed by atoms with van der Waals surface area (Å²) in [5.74, 6) is 0. The van der Waals surface area contributed by atoms with Gasteiger partial charge in [0.2, 0.25) is 0 Å². The third-order valence-corrected chi connectivity index (χ3v) is 3.98. The maximum Gasteiger partial charge on any atom is 0.0975 e. The smallest absolute Gasteiger partial charge is 0.0975 e. The minimum Gasteiger partial charge on any atom is -0.398 e. The van der Waals surface area contributed by atoms with Crippen LogP contribution in [0.2, 0.25) is 0 Å². The number of para-hydroxylation sites is 1. The quantitative estimate of drug-likeness (QED) is 0.797. The van der Waals surface area contributed by atoms with Crippen LogP contribution in [0.4, 0.5) is 5.69 Å². The highest BCUT2D eigenvalue weighted by Crippen LogP contribution is 2.21. The van der Waals surface area contributed by atoms with Crippen LogP contribution in [0.25, 0.3) is 0 Å². The van der Waals surface area contributed by atoms with Crippen molar-refractivity contribution < 1.29 is 4.21 Å².